The lowest BCUT2D eigenvalue weighted by molar-refractivity contribution is 0.122. The summed E-state index contributed by atoms with van der Waals surface area (Å²) in [5.74, 6) is -0.386. The molecule has 160 valence electrons. The van der Waals surface area contributed by atoms with Gasteiger partial charge >= 0.3 is 0 Å². The summed E-state index contributed by atoms with van der Waals surface area (Å²) in [6.07, 6.45) is 0.432. The van der Waals surface area contributed by atoms with E-state index in [1.807, 2.05) is 6.92 Å². The van der Waals surface area contributed by atoms with E-state index in [0.29, 0.717) is 24.7 Å². The summed E-state index contributed by atoms with van der Waals surface area (Å²) in [5.41, 5.74) is 2.11. The average molecular weight is 415 g/mol. The molecule has 1 aromatic heterocycles. The standard InChI is InChI=1S/C23H27F2N3O2/c1-4-13-27(14-16(2)29)15-20-17(3)26-28(19-11-9-18(24)10-12-19)23(20)30-22-8-6-5-7-21(22)25/h5-12,16,29H,4,13-15H2,1-3H3. The van der Waals surface area contributed by atoms with Crippen molar-refractivity contribution in [3.63, 3.8) is 0 Å². The molecule has 3 rings (SSSR count). The largest absolute Gasteiger partial charge is 0.435 e. The molecule has 0 aliphatic heterocycles. The van der Waals surface area contributed by atoms with E-state index in [-0.39, 0.29) is 11.6 Å². The van der Waals surface area contributed by atoms with E-state index in [0.717, 1.165) is 24.2 Å². The Balaban J connectivity index is 2.06. The summed E-state index contributed by atoms with van der Waals surface area (Å²) in [4.78, 5) is 2.11. The van der Waals surface area contributed by atoms with Gasteiger partial charge in [0.15, 0.2) is 11.6 Å². The highest BCUT2D eigenvalue weighted by Crippen LogP contribution is 2.32. The van der Waals surface area contributed by atoms with Crippen molar-refractivity contribution in [2.45, 2.75) is 39.8 Å². The SMILES string of the molecule is CCCN(Cc1c(C)nn(-c2ccc(F)cc2)c1Oc1ccccc1F)CC(C)O. The Bertz CT molecular complexity index is 971. The molecule has 0 aliphatic carbocycles. The number of halogens is 2. The van der Waals surface area contributed by atoms with Crippen molar-refractivity contribution in [1.29, 1.82) is 0 Å². The van der Waals surface area contributed by atoms with E-state index in [1.165, 1.54) is 18.2 Å². The highest BCUT2D eigenvalue weighted by molar-refractivity contribution is 5.43. The molecule has 0 saturated heterocycles. The molecule has 0 radical (unpaired) electrons. The van der Waals surface area contributed by atoms with E-state index in [4.69, 9.17) is 4.74 Å². The smallest absolute Gasteiger partial charge is 0.227 e. The summed E-state index contributed by atoms with van der Waals surface area (Å²) < 4.78 is 35.3. The first-order valence-corrected chi connectivity index (χ1v) is 10.1. The molecule has 1 heterocycles. The van der Waals surface area contributed by atoms with Crippen molar-refractivity contribution in [2.75, 3.05) is 13.1 Å². The van der Waals surface area contributed by atoms with Crippen LogP contribution in [0.3, 0.4) is 0 Å². The van der Waals surface area contributed by atoms with Crippen LogP contribution in [0.2, 0.25) is 0 Å². The maximum atomic E-state index is 14.3. The minimum atomic E-state index is -0.486. The van der Waals surface area contributed by atoms with Crippen LogP contribution in [0, 0.1) is 18.6 Å². The first-order chi connectivity index (χ1) is 14.4. The molecule has 0 amide bonds. The zero-order valence-electron chi connectivity index (χ0n) is 17.5. The van der Waals surface area contributed by atoms with Gasteiger partial charge in [0.25, 0.3) is 0 Å². The number of aliphatic hydroxyl groups excluding tert-OH is 1. The maximum Gasteiger partial charge on any atom is 0.227 e. The van der Waals surface area contributed by atoms with E-state index in [1.54, 1.807) is 41.9 Å². The number of para-hydroxylation sites is 1. The fourth-order valence-corrected chi connectivity index (χ4v) is 3.36. The highest BCUT2D eigenvalue weighted by atomic mass is 19.1. The quantitative estimate of drug-likeness (QED) is 0.543. The molecule has 7 heteroatoms. The Morgan fingerprint density at radius 1 is 1.13 bits per heavy atom. The van der Waals surface area contributed by atoms with Crippen LogP contribution in [0.1, 0.15) is 31.5 Å². The molecule has 2 aromatic carbocycles. The monoisotopic (exact) mass is 415 g/mol. The van der Waals surface area contributed by atoms with E-state index in [2.05, 4.69) is 16.9 Å². The summed E-state index contributed by atoms with van der Waals surface area (Å²) in [6.45, 7) is 7.43. The number of aromatic nitrogens is 2. The van der Waals surface area contributed by atoms with Gasteiger partial charge in [-0.3, -0.25) is 4.90 Å². The number of nitrogens with zero attached hydrogens (tertiary/aromatic N) is 3. The predicted molar refractivity (Wildman–Crippen MR) is 112 cm³/mol. The van der Waals surface area contributed by atoms with Gasteiger partial charge in [-0.05, 0) is 63.2 Å². The van der Waals surface area contributed by atoms with Crippen LogP contribution in [0.4, 0.5) is 8.78 Å². The third kappa shape index (κ3) is 5.23. The summed E-state index contributed by atoms with van der Waals surface area (Å²) in [5, 5.41) is 14.5. The molecule has 5 nitrogen and oxygen atoms in total. The Morgan fingerprint density at radius 2 is 1.83 bits per heavy atom. The lowest BCUT2D eigenvalue weighted by Crippen LogP contribution is -2.31. The third-order valence-corrected chi connectivity index (χ3v) is 4.70. The van der Waals surface area contributed by atoms with Crippen molar-refractivity contribution in [1.82, 2.24) is 14.7 Å². The van der Waals surface area contributed by atoms with Gasteiger partial charge in [-0.25, -0.2) is 13.5 Å². The highest BCUT2D eigenvalue weighted by Gasteiger charge is 2.22. The minimum Gasteiger partial charge on any atom is -0.435 e. The van der Waals surface area contributed by atoms with Crippen LogP contribution in [-0.2, 0) is 6.54 Å². The van der Waals surface area contributed by atoms with Gasteiger partial charge in [-0.1, -0.05) is 19.1 Å². The number of hydrogen-bond donors (Lipinski definition) is 1. The number of ether oxygens (including phenoxy) is 1. The van der Waals surface area contributed by atoms with E-state index in [9.17, 15) is 13.9 Å². The van der Waals surface area contributed by atoms with Crippen LogP contribution in [0.5, 0.6) is 11.6 Å². The van der Waals surface area contributed by atoms with Crippen LogP contribution >= 0.6 is 0 Å². The average Bonchev–Trinajstić information content (AvgIpc) is 2.99. The lowest BCUT2D eigenvalue weighted by atomic mass is 10.2. The van der Waals surface area contributed by atoms with E-state index < -0.39 is 11.9 Å². The lowest BCUT2D eigenvalue weighted by Gasteiger charge is -2.23. The summed E-state index contributed by atoms with van der Waals surface area (Å²) >= 11 is 0. The van der Waals surface area contributed by atoms with E-state index >= 15 is 0 Å². The van der Waals surface area contributed by atoms with Crippen molar-refractivity contribution >= 4 is 0 Å². The van der Waals surface area contributed by atoms with Crippen LogP contribution < -0.4 is 4.74 Å². The van der Waals surface area contributed by atoms with Gasteiger partial charge in [0.2, 0.25) is 5.88 Å². The Labute approximate surface area is 175 Å². The van der Waals surface area contributed by atoms with Gasteiger partial charge in [-0.2, -0.15) is 5.10 Å². The van der Waals surface area contributed by atoms with Gasteiger partial charge in [-0.15, -0.1) is 0 Å². The van der Waals surface area contributed by atoms with Crippen LogP contribution in [0.15, 0.2) is 48.5 Å². The second-order valence-corrected chi connectivity index (χ2v) is 7.37. The normalized spacial score (nSPS) is 12.4. The number of aryl methyl sites for hydroxylation is 1. The van der Waals surface area contributed by atoms with Gasteiger partial charge in [0.1, 0.15) is 5.82 Å². The van der Waals surface area contributed by atoms with Crippen LogP contribution in [-0.4, -0.2) is 39.0 Å². The molecule has 0 saturated carbocycles. The Morgan fingerprint density at radius 3 is 2.47 bits per heavy atom. The fraction of sp³-hybridized carbons (Fsp3) is 0.348. The van der Waals surface area contributed by atoms with Crippen molar-refractivity contribution in [3.8, 4) is 17.3 Å². The third-order valence-electron chi connectivity index (χ3n) is 4.70. The van der Waals surface area contributed by atoms with Crippen LogP contribution in [0.25, 0.3) is 5.69 Å². The zero-order valence-corrected chi connectivity index (χ0v) is 17.5. The second-order valence-electron chi connectivity index (χ2n) is 7.37. The van der Waals surface area contributed by atoms with Crippen molar-refractivity contribution in [2.24, 2.45) is 0 Å². The summed E-state index contributed by atoms with van der Waals surface area (Å²) in [6, 6.07) is 12.1. The molecule has 1 unspecified atom stereocenters. The molecule has 0 bridgehead atoms. The predicted octanol–water partition coefficient (Wildman–Crippen LogP) is 4.84. The summed E-state index contributed by atoms with van der Waals surface area (Å²) in [7, 11) is 0. The first-order valence-electron chi connectivity index (χ1n) is 10.1. The Kier molecular flexibility index (Phi) is 7.18. The van der Waals surface area contributed by atoms with Gasteiger partial charge in [0, 0.05) is 13.1 Å². The number of hydrogen-bond acceptors (Lipinski definition) is 4. The second kappa shape index (κ2) is 9.82. The number of benzene rings is 2. The maximum absolute atomic E-state index is 14.3. The molecule has 1 N–H and O–H groups in total. The molecule has 3 aromatic rings. The topological polar surface area (TPSA) is 50.5 Å². The minimum absolute atomic E-state index is 0.0829. The molecule has 0 spiro atoms. The fourth-order valence-electron chi connectivity index (χ4n) is 3.36. The van der Waals surface area contributed by atoms with Crippen molar-refractivity contribution in [3.05, 3.63) is 71.4 Å². The van der Waals surface area contributed by atoms with Gasteiger partial charge in [0.05, 0.1) is 23.0 Å². The molecular weight excluding hydrogens is 388 g/mol. The molecule has 30 heavy (non-hydrogen) atoms. The van der Waals surface area contributed by atoms with Crippen molar-refractivity contribution < 1.29 is 18.6 Å². The first kappa shape index (κ1) is 21.9. The molecule has 1 atom stereocenters. The number of aliphatic hydroxyl groups is 1. The molecule has 0 aliphatic rings. The Hall–Kier alpha value is -2.77. The van der Waals surface area contributed by atoms with Gasteiger partial charge < -0.3 is 9.84 Å². The zero-order chi connectivity index (χ0) is 21.7. The molecular formula is C23H27F2N3O2. The number of rotatable bonds is 9. The molecule has 0 fully saturated rings.